The largest absolute Gasteiger partial charge is 0.313 e. The highest BCUT2D eigenvalue weighted by Crippen LogP contribution is 2.33. The number of amides is 1. The van der Waals surface area contributed by atoms with E-state index in [0.29, 0.717) is 24.2 Å². The Morgan fingerprint density at radius 3 is 2.40 bits per heavy atom. The van der Waals surface area contributed by atoms with Gasteiger partial charge in [-0.1, -0.05) is 55.8 Å². The molecule has 0 saturated heterocycles. The first-order valence-corrected chi connectivity index (χ1v) is 8.81. The van der Waals surface area contributed by atoms with Gasteiger partial charge in [0, 0.05) is 19.0 Å². The Bertz CT molecular complexity index is 772. The maximum absolute atomic E-state index is 13.4. The molecule has 25 heavy (non-hydrogen) atoms. The van der Waals surface area contributed by atoms with Gasteiger partial charge in [-0.25, -0.2) is 0 Å². The second kappa shape index (κ2) is 7.19. The topological polar surface area (TPSA) is 49.4 Å². The molecular formula is C21H24N2O2. The van der Waals surface area contributed by atoms with Crippen molar-refractivity contribution < 1.29 is 9.59 Å². The number of likely N-dealkylation sites (N-methyl/N-ethyl adjacent to an activating group) is 1. The van der Waals surface area contributed by atoms with Gasteiger partial charge in [-0.3, -0.25) is 14.9 Å². The first kappa shape index (κ1) is 17.4. The Hall–Kier alpha value is -2.46. The molecular weight excluding hydrogens is 312 g/mol. The fourth-order valence-corrected chi connectivity index (χ4v) is 3.44. The lowest BCUT2D eigenvalue weighted by molar-refractivity contribution is -0.123. The molecule has 0 bridgehead atoms. The molecule has 1 N–H and O–H groups in total. The zero-order valence-electron chi connectivity index (χ0n) is 14.8. The summed E-state index contributed by atoms with van der Waals surface area (Å²) in [6, 6.07) is 17.1. The molecule has 0 aliphatic carbocycles. The van der Waals surface area contributed by atoms with Gasteiger partial charge in [-0.05, 0) is 30.7 Å². The average Bonchev–Trinajstić information content (AvgIpc) is 2.65. The van der Waals surface area contributed by atoms with Crippen molar-refractivity contribution >= 4 is 17.4 Å². The summed E-state index contributed by atoms with van der Waals surface area (Å²) in [5.41, 5.74) is 1.02. The highest BCUT2D eigenvalue weighted by Gasteiger charge is 2.51. The summed E-state index contributed by atoms with van der Waals surface area (Å²) in [5, 5.41) is 3.31. The van der Waals surface area contributed by atoms with Gasteiger partial charge in [0.15, 0.2) is 11.3 Å². The number of benzene rings is 2. The van der Waals surface area contributed by atoms with Gasteiger partial charge in [0.1, 0.15) is 0 Å². The molecule has 0 spiro atoms. The van der Waals surface area contributed by atoms with E-state index in [1.807, 2.05) is 54.6 Å². The van der Waals surface area contributed by atoms with Crippen LogP contribution in [0.2, 0.25) is 0 Å². The number of nitrogens with one attached hydrogen (secondary N) is 1. The molecule has 2 aromatic carbocycles. The van der Waals surface area contributed by atoms with Gasteiger partial charge < -0.3 is 4.90 Å². The third-order valence-electron chi connectivity index (χ3n) is 4.84. The maximum atomic E-state index is 13.4. The van der Waals surface area contributed by atoms with Crippen LogP contribution < -0.4 is 10.2 Å². The number of para-hydroxylation sites is 1. The first-order chi connectivity index (χ1) is 12.1. The summed E-state index contributed by atoms with van der Waals surface area (Å²) < 4.78 is 0. The molecule has 0 radical (unpaired) electrons. The van der Waals surface area contributed by atoms with Crippen LogP contribution in [0, 0.1) is 0 Å². The van der Waals surface area contributed by atoms with E-state index in [0.717, 1.165) is 18.4 Å². The minimum atomic E-state index is -1.24. The lowest BCUT2D eigenvalue weighted by Gasteiger charge is -2.40. The van der Waals surface area contributed by atoms with Crippen LogP contribution in [0.15, 0.2) is 54.6 Å². The Kier molecular flexibility index (Phi) is 5.00. The van der Waals surface area contributed by atoms with Crippen molar-refractivity contribution in [3.8, 4) is 0 Å². The standard InChI is InChI=1S/C21H24N2O2/c1-3-4-14-22-21(15-16-10-6-5-7-11-16)19(24)17-12-8-9-13-18(17)23(2)20(21)25/h5-13,22H,3-4,14-15H2,1-2H3. The van der Waals surface area contributed by atoms with E-state index in [1.165, 1.54) is 0 Å². The molecule has 4 heteroatoms. The highest BCUT2D eigenvalue weighted by atomic mass is 16.2. The van der Waals surface area contributed by atoms with Gasteiger partial charge in [-0.15, -0.1) is 0 Å². The van der Waals surface area contributed by atoms with Crippen molar-refractivity contribution in [1.82, 2.24) is 5.32 Å². The van der Waals surface area contributed by atoms with E-state index < -0.39 is 5.54 Å². The molecule has 0 fully saturated rings. The Balaban J connectivity index is 2.06. The molecule has 1 atom stereocenters. The second-order valence-corrected chi connectivity index (χ2v) is 6.56. The number of ketones is 1. The summed E-state index contributed by atoms with van der Waals surface area (Å²) in [7, 11) is 1.74. The summed E-state index contributed by atoms with van der Waals surface area (Å²) in [4.78, 5) is 28.3. The molecule has 1 heterocycles. The number of unbranched alkanes of at least 4 members (excludes halogenated alkanes) is 1. The predicted molar refractivity (Wildman–Crippen MR) is 100.0 cm³/mol. The smallest absolute Gasteiger partial charge is 0.255 e. The first-order valence-electron chi connectivity index (χ1n) is 8.81. The zero-order valence-corrected chi connectivity index (χ0v) is 14.8. The van der Waals surface area contributed by atoms with E-state index in [1.54, 1.807) is 11.9 Å². The van der Waals surface area contributed by atoms with E-state index in [9.17, 15) is 9.59 Å². The number of rotatable bonds is 6. The summed E-state index contributed by atoms with van der Waals surface area (Å²) in [5.74, 6) is -0.317. The van der Waals surface area contributed by atoms with Crippen LogP contribution in [0.1, 0.15) is 35.7 Å². The zero-order chi connectivity index (χ0) is 17.9. The van der Waals surface area contributed by atoms with Crippen LogP contribution in [0.25, 0.3) is 0 Å². The SMILES string of the molecule is CCCCNC1(Cc2ccccc2)C(=O)c2ccccc2N(C)C1=O. The van der Waals surface area contributed by atoms with Gasteiger partial charge in [0.25, 0.3) is 5.91 Å². The number of anilines is 1. The molecule has 0 aromatic heterocycles. The van der Waals surface area contributed by atoms with Crippen LogP contribution in [0.5, 0.6) is 0 Å². The van der Waals surface area contributed by atoms with E-state index in [-0.39, 0.29) is 11.7 Å². The number of hydrogen-bond acceptors (Lipinski definition) is 3. The highest BCUT2D eigenvalue weighted by molar-refractivity contribution is 6.28. The van der Waals surface area contributed by atoms with Crippen molar-refractivity contribution in [2.24, 2.45) is 0 Å². The van der Waals surface area contributed by atoms with Crippen molar-refractivity contribution in [2.75, 3.05) is 18.5 Å². The maximum Gasteiger partial charge on any atom is 0.255 e. The molecule has 130 valence electrons. The molecule has 1 aliphatic rings. The van der Waals surface area contributed by atoms with Crippen molar-refractivity contribution in [3.63, 3.8) is 0 Å². The van der Waals surface area contributed by atoms with Gasteiger partial charge in [-0.2, -0.15) is 0 Å². The Morgan fingerprint density at radius 2 is 1.68 bits per heavy atom. The monoisotopic (exact) mass is 336 g/mol. The Morgan fingerprint density at radius 1 is 1.00 bits per heavy atom. The van der Waals surface area contributed by atoms with Crippen molar-refractivity contribution in [3.05, 3.63) is 65.7 Å². The van der Waals surface area contributed by atoms with Crippen molar-refractivity contribution in [2.45, 2.75) is 31.7 Å². The molecule has 0 saturated carbocycles. The lowest BCUT2D eigenvalue weighted by Crippen LogP contribution is -2.66. The predicted octanol–water partition coefficient (Wildman–Crippen LogP) is 3.22. The van der Waals surface area contributed by atoms with Crippen LogP contribution in [0.4, 0.5) is 5.69 Å². The molecule has 1 aliphatic heterocycles. The number of hydrogen-bond donors (Lipinski definition) is 1. The second-order valence-electron chi connectivity index (χ2n) is 6.56. The fraction of sp³-hybridized carbons (Fsp3) is 0.333. The third-order valence-corrected chi connectivity index (χ3v) is 4.84. The minimum Gasteiger partial charge on any atom is -0.313 e. The van der Waals surface area contributed by atoms with Gasteiger partial charge in [0.2, 0.25) is 0 Å². The molecule has 1 amide bonds. The number of fused-ring (bicyclic) bond motifs is 1. The average molecular weight is 336 g/mol. The van der Waals surface area contributed by atoms with Crippen molar-refractivity contribution in [1.29, 1.82) is 0 Å². The molecule has 4 nitrogen and oxygen atoms in total. The fourth-order valence-electron chi connectivity index (χ4n) is 3.44. The lowest BCUT2D eigenvalue weighted by atomic mass is 9.78. The van der Waals surface area contributed by atoms with Crippen LogP contribution in [0.3, 0.4) is 0 Å². The number of nitrogens with zero attached hydrogens (tertiary/aromatic N) is 1. The van der Waals surface area contributed by atoms with E-state index >= 15 is 0 Å². The minimum absolute atomic E-state index is 0.133. The van der Waals surface area contributed by atoms with E-state index in [4.69, 9.17) is 0 Å². The van der Waals surface area contributed by atoms with Crippen LogP contribution in [-0.4, -0.2) is 30.8 Å². The van der Waals surface area contributed by atoms with Gasteiger partial charge >= 0.3 is 0 Å². The molecule has 3 rings (SSSR count). The van der Waals surface area contributed by atoms with Crippen LogP contribution in [-0.2, 0) is 11.2 Å². The summed E-state index contributed by atoms with van der Waals surface area (Å²) >= 11 is 0. The van der Waals surface area contributed by atoms with Crippen LogP contribution >= 0.6 is 0 Å². The summed E-state index contributed by atoms with van der Waals surface area (Å²) in [6.07, 6.45) is 2.28. The molecule has 2 aromatic rings. The third kappa shape index (κ3) is 3.10. The number of carbonyl (C=O) groups is 2. The number of carbonyl (C=O) groups excluding carboxylic acids is 2. The molecule has 1 unspecified atom stereocenters. The van der Waals surface area contributed by atoms with Gasteiger partial charge in [0.05, 0.1) is 5.69 Å². The normalized spacial score (nSPS) is 19.8. The number of Topliss-reactive ketones (excluding diaryl/α,β-unsaturated/α-hetero) is 1. The van der Waals surface area contributed by atoms with E-state index in [2.05, 4.69) is 12.2 Å². The summed E-state index contributed by atoms with van der Waals surface area (Å²) in [6.45, 7) is 2.73. The quantitative estimate of drug-likeness (QED) is 0.651. The Labute approximate surface area is 148 Å².